The van der Waals surface area contributed by atoms with Crippen molar-refractivity contribution in [3.05, 3.63) is 34.9 Å². The molecule has 2 saturated carbocycles. The van der Waals surface area contributed by atoms with Crippen molar-refractivity contribution in [3.8, 4) is 0 Å². The predicted octanol–water partition coefficient (Wildman–Crippen LogP) is 6.59. The molecule has 0 spiro atoms. The van der Waals surface area contributed by atoms with E-state index in [2.05, 4.69) is 52.8 Å². The van der Waals surface area contributed by atoms with E-state index in [4.69, 9.17) is 0 Å². The van der Waals surface area contributed by atoms with Crippen LogP contribution in [0.5, 0.6) is 0 Å². The van der Waals surface area contributed by atoms with Crippen LogP contribution in [0.3, 0.4) is 0 Å². The van der Waals surface area contributed by atoms with Crippen molar-refractivity contribution in [1.82, 2.24) is 0 Å². The van der Waals surface area contributed by atoms with Crippen molar-refractivity contribution in [1.29, 1.82) is 0 Å². The first-order valence-electron chi connectivity index (χ1n) is 12.2. The normalized spacial score (nSPS) is 39.1. The van der Waals surface area contributed by atoms with Gasteiger partial charge in [-0.15, -0.1) is 0 Å². The number of aliphatic hydroxyl groups excluding tert-OH is 2. The highest BCUT2D eigenvalue weighted by atomic mass is 16.3. The molecule has 0 heterocycles. The maximum Gasteiger partial charge on any atom is 0.0793 e. The Balaban J connectivity index is 1.76. The summed E-state index contributed by atoms with van der Waals surface area (Å²) in [6, 6.07) is 0. The summed E-state index contributed by atoms with van der Waals surface area (Å²) in [5.41, 5.74) is 4.11. The fourth-order valence-corrected chi connectivity index (χ4v) is 6.22. The molecule has 3 rings (SSSR count). The van der Waals surface area contributed by atoms with E-state index < -0.39 is 0 Å². The first-order chi connectivity index (χ1) is 13.7. The summed E-state index contributed by atoms with van der Waals surface area (Å²) in [7, 11) is 0. The van der Waals surface area contributed by atoms with Crippen LogP contribution in [0.2, 0.25) is 0 Å². The molecule has 2 N–H and O–H groups in total. The van der Waals surface area contributed by atoms with Gasteiger partial charge < -0.3 is 10.2 Å². The summed E-state index contributed by atoms with van der Waals surface area (Å²) in [4.78, 5) is 0. The smallest absolute Gasteiger partial charge is 0.0793 e. The van der Waals surface area contributed by atoms with Gasteiger partial charge in [-0.1, -0.05) is 77.7 Å². The molecule has 3 aliphatic rings. The van der Waals surface area contributed by atoms with Crippen molar-refractivity contribution < 1.29 is 10.2 Å². The van der Waals surface area contributed by atoms with Gasteiger partial charge in [0.2, 0.25) is 0 Å². The number of allylic oxidation sites excluding steroid dienone is 3. The second kappa shape index (κ2) is 9.52. The maximum atomic E-state index is 10.8. The summed E-state index contributed by atoms with van der Waals surface area (Å²) >= 11 is 0. The quantitative estimate of drug-likeness (QED) is 0.528. The minimum atomic E-state index is -0.343. The van der Waals surface area contributed by atoms with E-state index in [9.17, 15) is 10.2 Å². The van der Waals surface area contributed by atoms with Crippen LogP contribution < -0.4 is 0 Å². The predicted molar refractivity (Wildman–Crippen MR) is 123 cm³/mol. The molecule has 6 atom stereocenters. The second-order valence-corrected chi connectivity index (χ2v) is 10.9. The lowest BCUT2D eigenvalue weighted by Gasteiger charge is -2.44. The van der Waals surface area contributed by atoms with Gasteiger partial charge in [-0.3, -0.25) is 0 Å². The van der Waals surface area contributed by atoms with Crippen LogP contribution in [0.15, 0.2) is 34.9 Å². The third kappa shape index (κ3) is 5.07. The average Bonchev–Trinajstić information content (AvgIpc) is 3.01. The van der Waals surface area contributed by atoms with Crippen LogP contribution in [0.4, 0.5) is 0 Å². The van der Waals surface area contributed by atoms with Crippen LogP contribution >= 0.6 is 0 Å². The Morgan fingerprint density at radius 2 is 1.86 bits per heavy atom. The zero-order valence-corrected chi connectivity index (χ0v) is 19.5. The molecule has 3 aliphatic carbocycles. The van der Waals surface area contributed by atoms with Gasteiger partial charge in [0.25, 0.3) is 0 Å². The minimum absolute atomic E-state index is 0.195. The highest BCUT2D eigenvalue weighted by molar-refractivity contribution is 5.46. The topological polar surface area (TPSA) is 40.5 Å². The summed E-state index contributed by atoms with van der Waals surface area (Å²) in [5, 5.41) is 20.9. The van der Waals surface area contributed by atoms with E-state index in [1.54, 1.807) is 0 Å². The summed E-state index contributed by atoms with van der Waals surface area (Å²) in [6.07, 6.45) is 16.2. The number of aliphatic hydroxyl groups is 2. The molecule has 0 aromatic rings. The van der Waals surface area contributed by atoms with Crippen molar-refractivity contribution >= 4 is 0 Å². The molecule has 0 bridgehead atoms. The number of fused-ring (bicyclic) bond motifs is 1. The molecule has 0 unspecified atom stereocenters. The zero-order chi connectivity index (χ0) is 21.2. The lowest BCUT2D eigenvalue weighted by molar-refractivity contribution is 0.104. The maximum absolute atomic E-state index is 10.8. The lowest BCUT2D eigenvalue weighted by Crippen LogP contribution is -2.37. The standard InChI is InChI=1S/C27H44O2/c1-18(2)7-6-8-20(4)24-13-14-25-23(26(29)15-16-27(24,25)5)12-10-21-17-22(28)11-9-19(21)3/h10,12,14,18-20,22,24,26,28-29H,6-9,11,13,15-17H2,1-5H3/b21-10-,23-12-/t19-,20+,22-,24+,26+,27+/m0/s1. The Labute approximate surface area is 179 Å². The Hall–Kier alpha value is -0.860. The van der Waals surface area contributed by atoms with Gasteiger partial charge in [0.05, 0.1) is 12.2 Å². The molecule has 0 aliphatic heterocycles. The van der Waals surface area contributed by atoms with E-state index in [-0.39, 0.29) is 17.6 Å². The highest BCUT2D eigenvalue weighted by Crippen LogP contribution is 2.57. The van der Waals surface area contributed by atoms with Gasteiger partial charge >= 0.3 is 0 Å². The summed E-state index contributed by atoms with van der Waals surface area (Å²) < 4.78 is 0. The van der Waals surface area contributed by atoms with Crippen molar-refractivity contribution in [3.63, 3.8) is 0 Å². The number of rotatable bonds is 6. The van der Waals surface area contributed by atoms with Gasteiger partial charge in [-0.25, -0.2) is 0 Å². The van der Waals surface area contributed by atoms with Gasteiger partial charge in [-0.05, 0) is 78.8 Å². The van der Waals surface area contributed by atoms with E-state index in [0.29, 0.717) is 11.8 Å². The van der Waals surface area contributed by atoms with Crippen LogP contribution in [0.1, 0.15) is 92.4 Å². The highest BCUT2D eigenvalue weighted by Gasteiger charge is 2.47. The van der Waals surface area contributed by atoms with E-state index in [1.807, 2.05) is 0 Å². The van der Waals surface area contributed by atoms with E-state index in [0.717, 1.165) is 55.9 Å². The third-order valence-electron chi connectivity index (χ3n) is 8.26. The van der Waals surface area contributed by atoms with Crippen LogP contribution in [-0.2, 0) is 0 Å². The molecule has 29 heavy (non-hydrogen) atoms. The van der Waals surface area contributed by atoms with E-state index in [1.165, 1.54) is 30.4 Å². The monoisotopic (exact) mass is 400 g/mol. The van der Waals surface area contributed by atoms with Crippen LogP contribution in [0.25, 0.3) is 0 Å². The van der Waals surface area contributed by atoms with Crippen LogP contribution in [-0.4, -0.2) is 22.4 Å². The molecule has 0 radical (unpaired) electrons. The molecule has 0 saturated heterocycles. The summed E-state index contributed by atoms with van der Waals surface area (Å²) in [5.74, 6) is 2.76. The van der Waals surface area contributed by atoms with Crippen molar-refractivity contribution in [2.24, 2.45) is 29.1 Å². The average molecular weight is 401 g/mol. The van der Waals surface area contributed by atoms with E-state index >= 15 is 0 Å². The van der Waals surface area contributed by atoms with Crippen molar-refractivity contribution in [2.45, 2.75) is 105 Å². The second-order valence-electron chi connectivity index (χ2n) is 10.9. The van der Waals surface area contributed by atoms with Crippen LogP contribution in [0, 0.1) is 29.1 Å². The summed E-state index contributed by atoms with van der Waals surface area (Å²) in [6.45, 7) is 11.8. The number of hydrogen-bond acceptors (Lipinski definition) is 2. The molecule has 0 amide bonds. The molecule has 164 valence electrons. The van der Waals surface area contributed by atoms with Gasteiger partial charge in [0.15, 0.2) is 0 Å². The molecular formula is C27H44O2. The van der Waals surface area contributed by atoms with Gasteiger partial charge in [0, 0.05) is 0 Å². The molecular weight excluding hydrogens is 356 g/mol. The Morgan fingerprint density at radius 1 is 1.10 bits per heavy atom. The molecule has 2 heteroatoms. The molecule has 0 aromatic carbocycles. The fraction of sp³-hybridized carbons (Fsp3) is 0.778. The first kappa shape index (κ1) is 22.8. The van der Waals surface area contributed by atoms with Gasteiger partial charge in [-0.2, -0.15) is 0 Å². The molecule has 2 fully saturated rings. The van der Waals surface area contributed by atoms with Gasteiger partial charge in [0.1, 0.15) is 0 Å². The third-order valence-corrected chi connectivity index (χ3v) is 8.26. The fourth-order valence-electron chi connectivity index (χ4n) is 6.22. The number of hydrogen-bond donors (Lipinski definition) is 2. The minimum Gasteiger partial charge on any atom is -0.393 e. The molecule has 0 aromatic heterocycles. The zero-order valence-electron chi connectivity index (χ0n) is 19.5. The molecule has 2 nitrogen and oxygen atoms in total. The Kier molecular flexibility index (Phi) is 7.49. The lowest BCUT2D eigenvalue weighted by atomic mass is 9.61. The first-order valence-corrected chi connectivity index (χ1v) is 12.2. The Morgan fingerprint density at radius 3 is 2.59 bits per heavy atom. The largest absolute Gasteiger partial charge is 0.393 e. The van der Waals surface area contributed by atoms with Crippen molar-refractivity contribution in [2.75, 3.05) is 0 Å². The Bertz CT molecular complexity index is 655. The SMILES string of the molecule is CC(C)CCC[C@@H](C)[C@H]1CC=C2/C(=C/C=C3/C[C@@H](O)CC[C@@H]3C)[C@H](O)CC[C@@]21C.